The molecule has 0 saturated heterocycles. The molecule has 4 heteroatoms. The van der Waals surface area contributed by atoms with Crippen LogP contribution in [-0.4, -0.2) is 33.5 Å². The first-order valence-corrected chi connectivity index (χ1v) is 15.0. The van der Waals surface area contributed by atoms with E-state index in [9.17, 15) is 20.1 Å². The molecule has 11 atom stereocenters. The molecule has 4 aliphatic rings. The highest BCUT2D eigenvalue weighted by atomic mass is 16.4. The zero-order chi connectivity index (χ0) is 26.5. The van der Waals surface area contributed by atoms with Gasteiger partial charge in [-0.05, 0) is 115 Å². The van der Waals surface area contributed by atoms with Crippen LogP contribution in [0.4, 0.5) is 0 Å². The number of carboxylic acid groups (broad SMARTS) is 1. The standard InChI is InChI=1S/C33H48O4/c1-5-23-28-19-22(34)15-17-33(28,4)27-16-18-32(3)25(13-14-26(32)29(27)30(23)35)20(2)9-8-11-21-10-6-7-12-24(21)31(36)37/h6-8,10-12,20,22-23,25-30,34-35H,5,9,13-19H2,1-4H3,(H,36,37)/b11-8+/t20-,22-,23-,25-,26?,27?,28+,29?,30?,32-,33-/m1/s1. The Labute approximate surface area is 223 Å². The highest BCUT2D eigenvalue weighted by molar-refractivity contribution is 5.92. The molecule has 0 heterocycles. The molecule has 0 bridgehead atoms. The number of hydrogen-bond acceptors (Lipinski definition) is 3. The molecule has 0 amide bonds. The van der Waals surface area contributed by atoms with Gasteiger partial charge in [0.05, 0.1) is 17.8 Å². The Bertz CT molecular complexity index is 1020. The molecular formula is C33H48O4. The molecule has 0 aliphatic heterocycles. The first-order valence-electron chi connectivity index (χ1n) is 15.0. The highest BCUT2D eigenvalue weighted by Gasteiger charge is 2.64. The number of aliphatic hydroxyl groups excluding tert-OH is 2. The van der Waals surface area contributed by atoms with Crippen LogP contribution in [0.5, 0.6) is 0 Å². The van der Waals surface area contributed by atoms with Gasteiger partial charge in [-0.1, -0.05) is 64.5 Å². The van der Waals surface area contributed by atoms with Crippen LogP contribution >= 0.6 is 0 Å². The number of hydrogen-bond donors (Lipinski definition) is 3. The van der Waals surface area contributed by atoms with Gasteiger partial charge in [0.15, 0.2) is 0 Å². The van der Waals surface area contributed by atoms with Gasteiger partial charge in [0, 0.05) is 0 Å². The van der Waals surface area contributed by atoms with Crippen LogP contribution < -0.4 is 0 Å². The van der Waals surface area contributed by atoms with Crippen LogP contribution in [0.1, 0.15) is 101 Å². The fourth-order valence-corrected chi connectivity index (χ4v) is 10.3. The molecule has 1 aromatic rings. The quantitative estimate of drug-likeness (QED) is 0.385. The second-order valence-corrected chi connectivity index (χ2v) is 13.6. The Morgan fingerprint density at radius 3 is 2.46 bits per heavy atom. The van der Waals surface area contributed by atoms with Crippen LogP contribution in [-0.2, 0) is 0 Å². The van der Waals surface area contributed by atoms with Crippen molar-refractivity contribution in [2.24, 2.45) is 52.3 Å². The molecule has 4 fully saturated rings. The molecule has 4 saturated carbocycles. The summed E-state index contributed by atoms with van der Waals surface area (Å²) in [6, 6.07) is 7.23. The summed E-state index contributed by atoms with van der Waals surface area (Å²) in [4.78, 5) is 11.6. The molecule has 0 spiro atoms. The maximum absolute atomic E-state index is 11.9. The summed E-state index contributed by atoms with van der Waals surface area (Å²) in [7, 11) is 0. The fourth-order valence-electron chi connectivity index (χ4n) is 10.3. The molecule has 0 radical (unpaired) electrons. The topological polar surface area (TPSA) is 77.8 Å². The lowest BCUT2D eigenvalue weighted by atomic mass is 9.41. The van der Waals surface area contributed by atoms with Gasteiger partial charge in [-0.15, -0.1) is 0 Å². The lowest BCUT2D eigenvalue weighted by molar-refractivity contribution is -0.203. The Morgan fingerprint density at radius 1 is 1.03 bits per heavy atom. The minimum absolute atomic E-state index is 0.197. The number of carboxylic acids is 1. The van der Waals surface area contributed by atoms with E-state index in [0.717, 1.165) is 37.7 Å². The number of benzene rings is 1. The monoisotopic (exact) mass is 508 g/mol. The number of fused-ring (bicyclic) bond motifs is 5. The van der Waals surface area contributed by atoms with Crippen LogP contribution in [0, 0.1) is 52.3 Å². The van der Waals surface area contributed by atoms with Crippen molar-refractivity contribution in [3.8, 4) is 0 Å². The average Bonchev–Trinajstić information content (AvgIpc) is 3.22. The summed E-state index contributed by atoms with van der Waals surface area (Å²) in [6.45, 7) is 9.65. The van der Waals surface area contributed by atoms with Crippen molar-refractivity contribution in [1.29, 1.82) is 0 Å². The van der Waals surface area contributed by atoms with E-state index in [1.54, 1.807) is 12.1 Å². The number of rotatable bonds is 6. The zero-order valence-electron chi connectivity index (χ0n) is 23.3. The predicted octanol–water partition coefficient (Wildman–Crippen LogP) is 7.05. The Hall–Kier alpha value is -1.65. The Morgan fingerprint density at radius 2 is 1.73 bits per heavy atom. The van der Waals surface area contributed by atoms with E-state index in [-0.39, 0.29) is 23.0 Å². The second-order valence-electron chi connectivity index (χ2n) is 13.6. The number of aliphatic hydroxyl groups is 2. The zero-order valence-corrected chi connectivity index (χ0v) is 23.3. The van der Waals surface area contributed by atoms with Gasteiger partial charge in [-0.2, -0.15) is 0 Å². The van der Waals surface area contributed by atoms with Crippen molar-refractivity contribution < 1.29 is 20.1 Å². The maximum atomic E-state index is 11.9. The third-order valence-corrected chi connectivity index (χ3v) is 12.1. The molecule has 5 rings (SSSR count). The number of allylic oxidation sites excluding steroid dienone is 1. The van der Waals surface area contributed by atoms with Gasteiger partial charge in [0.1, 0.15) is 0 Å². The molecule has 204 valence electrons. The van der Waals surface area contributed by atoms with Gasteiger partial charge < -0.3 is 15.3 Å². The average molecular weight is 509 g/mol. The summed E-state index contributed by atoms with van der Waals surface area (Å²) in [6.07, 6.45) is 13.5. The highest BCUT2D eigenvalue weighted by Crippen LogP contribution is 2.69. The molecule has 4 aliphatic carbocycles. The van der Waals surface area contributed by atoms with Crippen molar-refractivity contribution in [2.75, 3.05) is 0 Å². The van der Waals surface area contributed by atoms with Crippen LogP contribution in [0.2, 0.25) is 0 Å². The third kappa shape index (κ3) is 4.40. The van der Waals surface area contributed by atoms with E-state index in [2.05, 4.69) is 33.8 Å². The first-order chi connectivity index (χ1) is 17.6. The van der Waals surface area contributed by atoms with E-state index in [4.69, 9.17) is 0 Å². The van der Waals surface area contributed by atoms with E-state index in [1.807, 2.05) is 18.2 Å². The molecular weight excluding hydrogens is 460 g/mol. The van der Waals surface area contributed by atoms with Crippen LogP contribution in [0.25, 0.3) is 6.08 Å². The van der Waals surface area contributed by atoms with Gasteiger partial charge in [0.2, 0.25) is 0 Å². The third-order valence-electron chi connectivity index (χ3n) is 12.1. The van der Waals surface area contributed by atoms with Gasteiger partial charge in [0.25, 0.3) is 0 Å². The van der Waals surface area contributed by atoms with Crippen molar-refractivity contribution >= 4 is 12.0 Å². The lowest BCUT2D eigenvalue weighted by Gasteiger charge is -2.64. The Balaban J connectivity index is 1.34. The van der Waals surface area contributed by atoms with E-state index >= 15 is 0 Å². The van der Waals surface area contributed by atoms with Gasteiger partial charge >= 0.3 is 5.97 Å². The van der Waals surface area contributed by atoms with Crippen molar-refractivity contribution in [2.45, 2.75) is 97.7 Å². The van der Waals surface area contributed by atoms with E-state index < -0.39 is 5.97 Å². The normalized spacial score (nSPS) is 44.2. The molecule has 37 heavy (non-hydrogen) atoms. The maximum Gasteiger partial charge on any atom is 0.336 e. The molecule has 3 N–H and O–H groups in total. The predicted molar refractivity (Wildman–Crippen MR) is 148 cm³/mol. The molecule has 0 aromatic heterocycles. The van der Waals surface area contributed by atoms with Gasteiger partial charge in [-0.3, -0.25) is 0 Å². The minimum atomic E-state index is -0.879. The van der Waals surface area contributed by atoms with Crippen LogP contribution in [0.15, 0.2) is 30.3 Å². The summed E-state index contributed by atoms with van der Waals surface area (Å²) in [5, 5.41) is 31.9. The summed E-state index contributed by atoms with van der Waals surface area (Å²) >= 11 is 0. The minimum Gasteiger partial charge on any atom is -0.478 e. The summed E-state index contributed by atoms with van der Waals surface area (Å²) in [5.74, 6) is 2.55. The van der Waals surface area contributed by atoms with E-state index in [1.165, 1.54) is 25.7 Å². The molecule has 1 aromatic carbocycles. The van der Waals surface area contributed by atoms with E-state index in [0.29, 0.717) is 47.0 Å². The Kier molecular flexibility index (Phi) is 7.39. The van der Waals surface area contributed by atoms with Crippen molar-refractivity contribution in [3.63, 3.8) is 0 Å². The fraction of sp³-hybridized carbons (Fsp3) is 0.727. The van der Waals surface area contributed by atoms with Crippen molar-refractivity contribution in [3.05, 3.63) is 41.5 Å². The molecule has 4 unspecified atom stereocenters. The summed E-state index contributed by atoms with van der Waals surface area (Å²) in [5.41, 5.74) is 1.63. The first kappa shape index (κ1) is 26.9. The second kappa shape index (κ2) is 10.2. The largest absolute Gasteiger partial charge is 0.478 e. The van der Waals surface area contributed by atoms with Gasteiger partial charge in [-0.25, -0.2) is 4.79 Å². The smallest absolute Gasteiger partial charge is 0.336 e. The molecule has 4 nitrogen and oxygen atoms in total. The summed E-state index contributed by atoms with van der Waals surface area (Å²) < 4.78 is 0. The lowest BCUT2D eigenvalue weighted by Crippen LogP contribution is -2.62. The number of aromatic carboxylic acids is 1. The van der Waals surface area contributed by atoms with Crippen molar-refractivity contribution in [1.82, 2.24) is 0 Å². The number of carbonyl (C=O) groups is 1. The SMILES string of the molecule is CC[C@H]1C(O)C2C3CC[C@H]([C@H](C)C/C=C/c4ccccc4C(=O)O)[C@@]3(C)CCC2[C@@]2(C)CC[C@@H](O)C[C@@H]12. The van der Waals surface area contributed by atoms with Crippen LogP contribution in [0.3, 0.4) is 0 Å².